The van der Waals surface area contributed by atoms with E-state index in [1.165, 1.54) is 19.3 Å². The summed E-state index contributed by atoms with van der Waals surface area (Å²) in [5.74, 6) is 1.50. The van der Waals surface area contributed by atoms with Crippen LogP contribution in [0.3, 0.4) is 0 Å². The highest BCUT2D eigenvalue weighted by atomic mass is 16.5. The first-order valence-electron chi connectivity index (χ1n) is 12.4. The Hall–Kier alpha value is -3.20. The molecule has 1 atom stereocenters. The molecule has 0 saturated carbocycles. The third kappa shape index (κ3) is 6.66. The largest absolute Gasteiger partial charge is 0.497 e. The van der Waals surface area contributed by atoms with E-state index in [0.717, 1.165) is 54.1 Å². The second kappa shape index (κ2) is 12.9. The lowest BCUT2D eigenvalue weighted by molar-refractivity contribution is -0.121. The summed E-state index contributed by atoms with van der Waals surface area (Å²) in [4.78, 5) is 15.5. The molecular weight excluding hydrogens is 426 g/mol. The van der Waals surface area contributed by atoms with Crippen molar-refractivity contribution in [3.05, 3.63) is 53.1 Å². The Labute approximate surface area is 203 Å². The third-order valence-electron chi connectivity index (χ3n) is 6.29. The minimum Gasteiger partial charge on any atom is -0.497 e. The van der Waals surface area contributed by atoms with Gasteiger partial charge in [-0.2, -0.15) is 5.26 Å². The van der Waals surface area contributed by atoms with Crippen LogP contribution in [0.25, 0.3) is 0 Å². The predicted octanol–water partition coefficient (Wildman–Crippen LogP) is 5.35. The van der Waals surface area contributed by atoms with Crippen LogP contribution in [0, 0.1) is 11.3 Å². The number of hydrogen-bond donors (Lipinski definition) is 1. The van der Waals surface area contributed by atoms with Crippen LogP contribution in [0.1, 0.15) is 68.7 Å². The van der Waals surface area contributed by atoms with Crippen molar-refractivity contribution in [1.82, 2.24) is 5.32 Å². The number of anilines is 1. The van der Waals surface area contributed by atoms with E-state index in [2.05, 4.69) is 35.3 Å². The van der Waals surface area contributed by atoms with Crippen molar-refractivity contribution in [1.29, 1.82) is 5.26 Å². The van der Waals surface area contributed by atoms with Crippen molar-refractivity contribution in [2.75, 3.05) is 31.7 Å². The number of nitrogens with zero attached hydrogens (tertiary/aromatic N) is 2. The number of carbonyl (C=O) groups excluding carboxylic acids is 1. The fourth-order valence-corrected chi connectivity index (χ4v) is 4.61. The van der Waals surface area contributed by atoms with Crippen LogP contribution in [-0.4, -0.2) is 32.7 Å². The molecule has 6 nitrogen and oxygen atoms in total. The molecule has 1 saturated heterocycles. The molecule has 1 aliphatic rings. The van der Waals surface area contributed by atoms with E-state index in [1.807, 2.05) is 31.2 Å². The zero-order valence-corrected chi connectivity index (χ0v) is 20.7. The fourth-order valence-electron chi connectivity index (χ4n) is 4.61. The molecule has 6 heteroatoms. The number of benzene rings is 2. The summed E-state index contributed by atoms with van der Waals surface area (Å²) >= 11 is 0. The highest BCUT2D eigenvalue weighted by Gasteiger charge is 2.22. The van der Waals surface area contributed by atoms with Gasteiger partial charge in [0.15, 0.2) is 0 Å². The molecule has 182 valence electrons. The minimum atomic E-state index is -0.0652. The summed E-state index contributed by atoms with van der Waals surface area (Å²) in [7, 11) is 1.69. The normalized spacial score (nSPS) is 14.2. The van der Waals surface area contributed by atoms with Crippen molar-refractivity contribution in [3.8, 4) is 17.6 Å². The topological polar surface area (TPSA) is 74.6 Å². The maximum atomic E-state index is 13.1. The van der Waals surface area contributed by atoms with Gasteiger partial charge in [0.2, 0.25) is 5.91 Å². The number of piperidine rings is 1. The maximum absolute atomic E-state index is 13.1. The third-order valence-corrected chi connectivity index (χ3v) is 6.29. The zero-order chi connectivity index (χ0) is 24.3. The Bertz CT molecular complexity index is 993. The van der Waals surface area contributed by atoms with Crippen LogP contribution in [0.4, 0.5) is 5.69 Å². The lowest BCUT2D eigenvalue weighted by Gasteiger charge is -2.33. The highest BCUT2D eigenvalue weighted by molar-refractivity contribution is 5.79. The lowest BCUT2D eigenvalue weighted by atomic mass is 9.97. The van der Waals surface area contributed by atoms with Crippen LogP contribution in [-0.2, 0) is 17.6 Å². The van der Waals surface area contributed by atoms with Crippen LogP contribution in [0.5, 0.6) is 11.5 Å². The number of hydrogen-bond acceptors (Lipinski definition) is 5. The first-order chi connectivity index (χ1) is 16.6. The molecule has 1 fully saturated rings. The number of nitriles is 1. The monoisotopic (exact) mass is 463 g/mol. The number of ether oxygens (including phenoxy) is 2. The van der Waals surface area contributed by atoms with E-state index in [0.29, 0.717) is 12.4 Å². The fraction of sp³-hybridized carbons (Fsp3) is 0.500. The molecule has 0 aromatic heterocycles. The summed E-state index contributed by atoms with van der Waals surface area (Å²) < 4.78 is 11.2. The Morgan fingerprint density at radius 3 is 2.62 bits per heavy atom. The first kappa shape index (κ1) is 25.4. The van der Waals surface area contributed by atoms with Gasteiger partial charge in [-0.05, 0) is 55.9 Å². The van der Waals surface area contributed by atoms with Gasteiger partial charge in [0.05, 0.1) is 38.7 Å². The molecular formula is C28H37N3O3. The molecule has 0 spiro atoms. The quantitative estimate of drug-likeness (QED) is 0.486. The summed E-state index contributed by atoms with van der Waals surface area (Å²) in [6, 6.07) is 14.0. The average Bonchev–Trinajstić information content (AvgIpc) is 2.86. The smallest absolute Gasteiger partial charge is 0.224 e. The summed E-state index contributed by atoms with van der Waals surface area (Å²) in [5.41, 5.74) is 4.04. The molecule has 0 aliphatic carbocycles. The Morgan fingerprint density at radius 2 is 1.94 bits per heavy atom. The van der Waals surface area contributed by atoms with Gasteiger partial charge in [-0.25, -0.2) is 0 Å². The Balaban J connectivity index is 1.80. The molecule has 1 N–H and O–H groups in total. The summed E-state index contributed by atoms with van der Waals surface area (Å²) in [6.45, 7) is 6.64. The molecule has 1 amide bonds. The highest BCUT2D eigenvalue weighted by Crippen LogP contribution is 2.34. The number of methoxy groups -OCH3 is 1. The molecule has 0 radical (unpaired) electrons. The zero-order valence-electron chi connectivity index (χ0n) is 20.7. The van der Waals surface area contributed by atoms with E-state index < -0.39 is 0 Å². The lowest BCUT2D eigenvalue weighted by Crippen LogP contribution is -2.34. The van der Waals surface area contributed by atoms with E-state index in [9.17, 15) is 4.79 Å². The SMILES string of the molecule is CCCC(NC(=O)Cc1ccc(CC#N)c(OCC)c1)c1ccc(OC)cc1N1CCCCC1. The van der Waals surface area contributed by atoms with Crippen molar-refractivity contribution < 1.29 is 14.3 Å². The standard InChI is InChI=1S/C28H37N3O3/c1-4-9-25(24-13-12-23(33-3)20-26(24)31-16-7-6-8-17-31)30-28(32)19-21-10-11-22(14-15-29)27(18-21)34-5-2/h10-13,18,20,25H,4-9,14,16-17,19H2,1-3H3,(H,30,32). The first-order valence-corrected chi connectivity index (χ1v) is 12.4. The second-order valence-electron chi connectivity index (χ2n) is 8.77. The second-order valence-corrected chi connectivity index (χ2v) is 8.77. The van der Waals surface area contributed by atoms with Crippen molar-refractivity contribution in [3.63, 3.8) is 0 Å². The van der Waals surface area contributed by atoms with E-state index in [4.69, 9.17) is 14.7 Å². The number of nitrogens with one attached hydrogen (secondary N) is 1. The summed E-state index contributed by atoms with van der Waals surface area (Å²) in [6.07, 6.45) is 6.02. The minimum absolute atomic E-state index is 0.0191. The van der Waals surface area contributed by atoms with Gasteiger partial charge in [0.25, 0.3) is 0 Å². The van der Waals surface area contributed by atoms with Gasteiger partial charge in [-0.1, -0.05) is 31.5 Å². The Morgan fingerprint density at radius 1 is 1.15 bits per heavy atom. The van der Waals surface area contributed by atoms with Crippen LogP contribution in [0.2, 0.25) is 0 Å². The van der Waals surface area contributed by atoms with E-state index >= 15 is 0 Å². The molecule has 1 unspecified atom stereocenters. The molecule has 1 aliphatic heterocycles. The van der Waals surface area contributed by atoms with Crippen molar-refractivity contribution >= 4 is 11.6 Å². The average molecular weight is 464 g/mol. The predicted molar refractivity (Wildman–Crippen MR) is 135 cm³/mol. The molecule has 34 heavy (non-hydrogen) atoms. The number of carbonyl (C=O) groups is 1. The van der Waals surface area contributed by atoms with Crippen molar-refractivity contribution in [2.45, 2.75) is 64.8 Å². The van der Waals surface area contributed by atoms with Gasteiger partial charge < -0.3 is 19.7 Å². The number of rotatable bonds is 11. The molecule has 2 aromatic rings. The van der Waals surface area contributed by atoms with Crippen LogP contribution < -0.4 is 19.7 Å². The van der Waals surface area contributed by atoms with Crippen molar-refractivity contribution in [2.24, 2.45) is 0 Å². The van der Waals surface area contributed by atoms with Crippen LogP contribution >= 0.6 is 0 Å². The van der Waals surface area contributed by atoms with E-state index in [-0.39, 0.29) is 24.8 Å². The molecule has 0 bridgehead atoms. The van der Waals surface area contributed by atoms with Gasteiger partial charge in [0.1, 0.15) is 11.5 Å². The van der Waals surface area contributed by atoms with Gasteiger partial charge in [0, 0.05) is 30.4 Å². The molecule has 2 aromatic carbocycles. The summed E-state index contributed by atoms with van der Waals surface area (Å²) in [5, 5.41) is 12.3. The van der Waals surface area contributed by atoms with E-state index in [1.54, 1.807) is 7.11 Å². The van der Waals surface area contributed by atoms with Gasteiger partial charge in [-0.3, -0.25) is 4.79 Å². The Kier molecular flexibility index (Phi) is 9.63. The molecule has 3 rings (SSSR count). The van der Waals surface area contributed by atoms with Gasteiger partial charge in [-0.15, -0.1) is 0 Å². The molecule has 1 heterocycles. The van der Waals surface area contributed by atoms with Crippen LogP contribution in [0.15, 0.2) is 36.4 Å². The van der Waals surface area contributed by atoms with Gasteiger partial charge >= 0.3 is 0 Å². The number of amides is 1. The maximum Gasteiger partial charge on any atom is 0.224 e.